The SMILES string of the molecule is Cc1cc(C)c(C)c(CCNC(C)(C)CO)c1C. The number of nitrogens with one attached hydrogen (secondary N) is 1. The highest BCUT2D eigenvalue weighted by molar-refractivity contribution is 5.44. The number of hydrogen-bond acceptors (Lipinski definition) is 2. The van der Waals surface area contributed by atoms with Crippen LogP contribution in [0.4, 0.5) is 0 Å². The van der Waals surface area contributed by atoms with Gasteiger partial charge in [0.05, 0.1) is 6.61 Å². The van der Waals surface area contributed by atoms with E-state index in [2.05, 4.69) is 39.1 Å². The van der Waals surface area contributed by atoms with Crippen molar-refractivity contribution < 1.29 is 5.11 Å². The third kappa shape index (κ3) is 3.56. The zero-order valence-electron chi connectivity index (χ0n) is 12.6. The minimum Gasteiger partial charge on any atom is -0.394 e. The highest BCUT2D eigenvalue weighted by atomic mass is 16.3. The molecule has 0 aliphatic heterocycles. The van der Waals surface area contributed by atoms with Crippen molar-refractivity contribution in [1.82, 2.24) is 5.32 Å². The van der Waals surface area contributed by atoms with Crippen LogP contribution in [0.25, 0.3) is 0 Å². The van der Waals surface area contributed by atoms with E-state index in [0.29, 0.717) is 0 Å². The Morgan fingerprint density at radius 3 is 2.00 bits per heavy atom. The predicted molar refractivity (Wildman–Crippen MR) is 78.3 cm³/mol. The van der Waals surface area contributed by atoms with Crippen molar-refractivity contribution in [3.8, 4) is 0 Å². The lowest BCUT2D eigenvalue weighted by molar-refractivity contribution is 0.189. The van der Waals surface area contributed by atoms with Crippen molar-refractivity contribution in [2.75, 3.05) is 13.2 Å². The molecule has 2 N–H and O–H groups in total. The van der Waals surface area contributed by atoms with Gasteiger partial charge in [0, 0.05) is 5.54 Å². The fraction of sp³-hybridized carbons (Fsp3) is 0.625. The maximum Gasteiger partial charge on any atom is 0.0607 e. The molecule has 0 unspecified atom stereocenters. The molecule has 102 valence electrons. The van der Waals surface area contributed by atoms with Crippen LogP contribution in [-0.4, -0.2) is 23.8 Å². The summed E-state index contributed by atoms with van der Waals surface area (Å²) in [5.41, 5.74) is 6.81. The summed E-state index contributed by atoms with van der Waals surface area (Å²) in [6.07, 6.45) is 1.02. The zero-order valence-corrected chi connectivity index (χ0v) is 12.6. The largest absolute Gasteiger partial charge is 0.394 e. The fourth-order valence-electron chi connectivity index (χ4n) is 2.26. The quantitative estimate of drug-likeness (QED) is 0.841. The maximum absolute atomic E-state index is 9.23. The van der Waals surface area contributed by atoms with Gasteiger partial charge in [-0.2, -0.15) is 0 Å². The van der Waals surface area contributed by atoms with Crippen LogP contribution in [0.3, 0.4) is 0 Å². The summed E-state index contributed by atoms with van der Waals surface area (Å²) in [4.78, 5) is 0. The number of rotatable bonds is 5. The Morgan fingerprint density at radius 1 is 1.06 bits per heavy atom. The van der Waals surface area contributed by atoms with Crippen LogP contribution < -0.4 is 5.32 Å². The molecule has 0 bridgehead atoms. The summed E-state index contributed by atoms with van der Waals surface area (Å²) >= 11 is 0. The lowest BCUT2D eigenvalue weighted by Crippen LogP contribution is -2.43. The van der Waals surface area contributed by atoms with E-state index in [1.54, 1.807) is 0 Å². The Bertz CT molecular complexity index is 395. The molecule has 0 aliphatic rings. The summed E-state index contributed by atoms with van der Waals surface area (Å²) in [7, 11) is 0. The van der Waals surface area contributed by atoms with Crippen LogP contribution in [0.5, 0.6) is 0 Å². The van der Waals surface area contributed by atoms with E-state index in [-0.39, 0.29) is 12.1 Å². The van der Waals surface area contributed by atoms with Gasteiger partial charge in [-0.1, -0.05) is 6.07 Å². The molecule has 0 fully saturated rings. The van der Waals surface area contributed by atoms with Crippen molar-refractivity contribution in [1.29, 1.82) is 0 Å². The van der Waals surface area contributed by atoms with Crippen molar-refractivity contribution >= 4 is 0 Å². The Morgan fingerprint density at radius 2 is 1.56 bits per heavy atom. The molecule has 0 saturated heterocycles. The third-order valence-electron chi connectivity index (χ3n) is 3.90. The molecular weight excluding hydrogens is 222 g/mol. The van der Waals surface area contributed by atoms with Crippen LogP contribution in [-0.2, 0) is 6.42 Å². The number of benzene rings is 1. The first kappa shape index (κ1) is 15.2. The van der Waals surface area contributed by atoms with E-state index >= 15 is 0 Å². The van der Waals surface area contributed by atoms with Crippen LogP contribution in [0.15, 0.2) is 6.07 Å². The monoisotopic (exact) mass is 249 g/mol. The smallest absolute Gasteiger partial charge is 0.0607 e. The molecule has 0 radical (unpaired) electrons. The van der Waals surface area contributed by atoms with Gasteiger partial charge in [0.15, 0.2) is 0 Å². The van der Waals surface area contributed by atoms with E-state index in [9.17, 15) is 5.11 Å². The van der Waals surface area contributed by atoms with Gasteiger partial charge in [-0.3, -0.25) is 0 Å². The number of aliphatic hydroxyl groups excluding tert-OH is 1. The van der Waals surface area contributed by atoms with E-state index in [0.717, 1.165) is 13.0 Å². The molecule has 0 aliphatic carbocycles. The van der Waals surface area contributed by atoms with Gasteiger partial charge < -0.3 is 10.4 Å². The Hall–Kier alpha value is -0.860. The Kier molecular flexibility index (Phi) is 4.94. The fourth-order valence-corrected chi connectivity index (χ4v) is 2.26. The van der Waals surface area contributed by atoms with E-state index in [4.69, 9.17) is 0 Å². The summed E-state index contributed by atoms with van der Waals surface area (Å²) < 4.78 is 0. The zero-order chi connectivity index (χ0) is 13.9. The minimum absolute atomic E-state index is 0.164. The van der Waals surface area contributed by atoms with E-state index in [1.165, 1.54) is 27.8 Å². The molecule has 1 rings (SSSR count). The molecule has 2 heteroatoms. The first-order valence-electron chi connectivity index (χ1n) is 6.70. The first-order valence-corrected chi connectivity index (χ1v) is 6.70. The minimum atomic E-state index is -0.194. The lowest BCUT2D eigenvalue weighted by Gasteiger charge is -2.24. The van der Waals surface area contributed by atoms with Gasteiger partial charge in [0.25, 0.3) is 0 Å². The first-order chi connectivity index (χ1) is 8.28. The van der Waals surface area contributed by atoms with Gasteiger partial charge >= 0.3 is 0 Å². The van der Waals surface area contributed by atoms with Crippen LogP contribution in [0.2, 0.25) is 0 Å². The van der Waals surface area contributed by atoms with Gasteiger partial charge in [-0.05, 0) is 82.3 Å². The average Bonchev–Trinajstić information content (AvgIpc) is 2.31. The van der Waals surface area contributed by atoms with Crippen molar-refractivity contribution in [3.63, 3.8) is 0 Å². The van der Waals surface area contributed by atoms with Crippen molar-refractivity contribution in [2.45, 2.75) is 53.5 Å². The molecule has 0 saturated carbocycles. The second kappa shape index (κ2) is 5.85. The van der Waals surface area contributed by atoms with Crippen molar-refractivity contribution in [2.24, 2.45) is 0 Å². The van der Waals surface area contributed by atoms with Gasteiger partial charge in [-0.25, -0.2) is 0 Å². The normalized spacial score (nSPS) is 11.9. The summed E-state index contributed by atoms with van der Waals surface area (Å²) in [5, 5.41) is 12.6. The maximum atomic E-state index is 9.23. The molecular formula is C16H27NO. The van der Waals surface area contributed by atoms with Crippen LogP contribution in [0.1, 0.15) is 41.7 Å². The van der Waals surface area contributed by atoms with Crippen molar-refractivity contribution in [3.05, 3.63) is 33.9 Å². The molecule has 0 heterocycles. The summed E-state index contributed by atoms with van der Waals surface area (Å²) in [6, 6.07) is 2.26. The van der Waals surface area contributed by atoms with Gasteiger partial charge in [0.1, 0.15) is 0 Å². The second-order valence-electron chi connectivity index (χ2n) is 5.96. The number of aryl methyl sites for hydroxylation is 2. The molecule has 0 aromatic heterocycles. The van der Waals surface area contributed by atoms with E-state index in [1.807, 2.05) is 13.8 Å². The lowest BCUT2D eigenvalue weighted by atomic mass is 9.92. The predicted octanol–water partition coefficient (Wildman–Crippen LogP) is 2.82. The molecule has 1 aromatic rings. The number of aliphatic hydroxyl groups is 1. The third-order valence-corrected chi connectivity index (χ3v) is 3.90. The molecule has 0 spiro atoms. The molecule has 0 atom stereocenters. The summed E-state index contributed by atoms with van der Waals surface area (Å²) in [5.74, 6) is 0. The Balaban J connectivity index is 2.80. The van der Waals surface area contributed by atoms with Gasteiger partial charge in [-0.15, -0.1) is 0 Å². The standard InChI is InChI=1S/C16H27NO/c1-11-9-12(2)14(4)15(13(11)3)7-8-17-16(5,6)10-18/h9,17-18H,7-8,10H2,1-6H3. The second-order valence-corrected chi connectivity index (χ2v) is 5.96. The van der Waals surface area contributed by atoms with Crippen LogP contribution in [0, 0.1) is 27.7 Å². The number of hydrogen-bond donors (Lipinski definition) is 2. The average molecular weight is 249 g/mol. The summed E-state index contributed by atoms with van der Waals surface area (Å²) in [6.45, 7) is 13.9. The molecule has 1 aromatic carbocycles. The van der Waals surface area contributed by atoms with Crippen LogP contribution >= 0.6 is 0 Å². The molecule has 2 nitrogen and oxygen atoms in total. The van der Waals surface area contributed by atoms with Gasteiger partial charge in [0.2, 0.25) is 0 Å². The molecule has 18 heavy (non-hydrogen) atoms. The highest BCUT2D eigenvalue weighted by Gasteiger charge is 2.15. The highest BCUT2D eigenvalue weighted by Crippen LogP contribution is 2.22. The van der Waals surface area contributed by atoms with E-state index < -0.39 is 0 Å². The Labute approximate surface area is 111 Å². The topological polar surface area (TPSA) is 32.3 Å². The molecule has 0 amide bonds.